The minimum Gasteiger partial charge on any atom is -0.497 e. The van der Waals surface area contributed by atoms with Crippen LogP contribution in [0.15, 0.2) is 54.6 Å². The van der Waals surface area contributed by atoms with E-state index in [2.05, 4.69) is 4.90 Å². The number of benzene rings is 2. The number of aromatic nitrogens is 4. The van der Waals surface area contributed by atoms with Gasteiger partial charge in [0.05, 0.1) is 23.9 Å². The third-order valence-electron chi connectivity index (χ3n) is 6.22. The van der Waals surface area contributed by atoms with Crippen LogP contribution in [0.5, 0.6) is 5.75 Å². The Morgan fingerprint density at radius 1 is 0.912 bits per heavy atom. The van der Waals surface area contributed by atoms with E-state index in [0.29, 0.717) is 31.0 Å². The molecule has 8 nitrogen and oxygen atoms in total. The van der Waals surface area contributed by atoms with E-state index in [-0.39, 0.29) is 5.91 Å². The molecule has 2 aromatic heterocycles. The summed E-state index contributed by atoms with van der Waals surface area (Å²) in [5, 5.41) is 5.75. The minimum absolute atomic E-state index is 0.0431. The molecule has 0 aliphatic carbocycles. The number of rotatable bonds is 4. The molecule has 1 aliphatic heterocycles. The number of hydrogen-bond acceptors (Lipinski definition) is 6. The molecular formula is C26H28N6O2. The van der Waals surface area contributed by atoms with E-state index in [4.69, 9.17) is 19.8 Å². The van der Waals surface area contributed by atoms with Gasteiger partial charge in [0.1, 0.15) is 17.4 Å². The van der Waals surface area contributed by atoms with Gasteiger partial charge in [-0.05, 0) is 56.7 Å². The lowest BCUT2D eigenvalue weighted by Crippen LogP contribution is -2.35. The van der Waals surface area contributed by atoms with Gasteiger partial charge in [-0.3, -0.25) is 4.79 Å². The zero-order chi connectivity index (χ0) is 23.7. The van der Waals surface area contributed by atoms with Crippen molar-refractivity contribution in [3.63, 3.8) is 0 Å². The summed E-state index contributed by atoms with van der Waals surface area (Å²) in [6, 6.07) is 17.3. The maximum Gasteiger partial charge on any atom is 0.253 e. The molecule has 34 heavy (non-hydrogen) atoms. The van der Waals surface area contributed by atoms with E-state index in [1.807, 2.05) is 78.0 Å². The van der Waals surface area contributed by atoms with Crippen molar-refractivity contribution in [2.24, 2.45) is 0 Å². The van der Waals surface area contributed by atoms with Crippen LogP contribution in [-0.4, -0.2) is 63.8 Å². The molecule has 0 bridgehead atoms. The van der Waals surface area contributed by atoms with Gasteiger partial charge in [-0.25, -0.2) is 14.6 Å². The lowest BCUT2D eigenvalue weighted by molar-refractivity contribution is 0.0767. The number of anilines is 1. The van der Waals surface area contributed by atoms with Gasteiger partial charge in [-0.15, -0.1) is 0 Å². The number of nitrogens with zero attached hydrogens (tertiary/aromatic N) is 6. The van der Waals surface area contributed by atoms with E-state index in [1.165, 1.54) is 0 Å². The van der Waals surface area contributed by atoms with Crippen molar-refractivity contribution in [2.75, 3.05) is 38.2 Å². The summed E-state index contributed by atoms with van der Waals surface area (Å²) in [5.41, 5.74) is 3.34. The number of carbonyl (C=O) groups excluding carboxylic acids is 1. The monoisotopic (exact) mass is 456 g/mol. The number of methoxy groups -OCH3 is 1. The second-order valence-electron chi connectivity index (χ2n) is 8.49. The van der Waals surface area contributed by atoms with Gasteiger partial charge in [0.2, 0.25) is 0 Å². The molecule has 0 spiro atoms. The predicted octanol–water partition coefficient (Wildman–Crippen LogP) is 3.79. The lowest BCUT2D eigenvalue weighted by atomic mass is 10.2. The number of fused-ring (bicyclic) bond motifs is 1. The fraction of sp³-hybridized carbons (Fsp3) is 0.308. The van der Waals surface area contributed by atoms with E-state index in [1.54, 1.807) is 7.11 Å². The maximum atomic E-state index is 13.1. The Balaban J connectivity index is 1.43. The normalized spacial score (nSPS) is 14.3. The van der Waals surface area contributed by atoms with Crippen molar-refractivity contribution in [1.29, 1.82) is 0 Å². The summed E-state index contributed by atoms with van der Waals surface area (Å²) >= 11 is 0. The Kier molecular flexibility index (Phi) is 5.88. The molecule has 1 saturated heterocycles. The van der Waals surface area contributed by atoms with Crippen molar-refractivity contribution in [2.45, 2.75) is 20.3 Å². The molecule has 4 aromatic rings. The number of para-hydroxylation sites is 1. The SMILES string of the molecule is COc1ccc(C(=O)N2CCCN(c3nc(C)nc4c3c(C)nn4-c3ccccc3)CC2)cc1. The van der Waals surface area contributed by atoms with Crippen LogP contribution in [0.1, 0.15) is 28.3 Å². The zero-order valence-corrected chi connectivity index (χ0v) is 19.7. The summed E-state index contributed by atoms with van der Waals surface area (Å²) in [6.45, 7) is 6.76. The summed E-state index contributed by atoms with van der Waals surface area (Å²) in [7, 11) is 1.62. The fourth-order valence-corrected chi connectivity index (χ4v) is 4.49. The first-order valence-electron chi connectivity index (χ1n) is 11.5. The summed E-state index contributed by atoms with van der Waals surface area (Å²) in [4.78, 5) is 26.9. The quantitative estimate of drug-likeness (QED) is 0.465. The molecule has 2 aromatic carbocycles. The highest BCUT2D eigenvalue weighted by molar-refractivity contribution is 5.94. The van der Waals surface area contributed by atoms with Gasteiger partial charge in [-0.1, -0.05) is 18.2 Å². The van der Waals surface area contributed by atoms with Gasteiger partial charge >= 0.3 is 0 Å². The van der Waals surface area contributed by atoms with Crippen LogP contribution >= 0.6 is 0 Å². The van der Waals surface area contributed by atoms with Crippen LogP contribution in [-0.2, 0) is 0 Å². The van der Waals surface area contributed by atoms with Crippen molar-refractivity contribution in [3.8, 4) is 11.4 Å². The summed E-state index contributed by atoms with van der Waals surface area (Å²) in [5.74, 6) is 2.38. The van der Waals surface area contributed by atoms with Crippen LogP contribution in [0.25, 0.3) is 16.7 Å². The molecule has 0 saturated carbocycles. The molecular weight excluding hydrogens is 428 g/mol. The molecule has 1 aliphatic rings. The topological polar surface area (TPSA) is 76.4 Å². The highest BCUT2D eigenvalue weighted by Crippen LogP contribution is 2.29. The van der Waals surface area contributed by atoms with Crippen LogP contribution < -0.4 is 9.64 Å². The Morgan fingerprint density at radius 3 is 2.41 bits per heavy atom. The second-order valence-corrected chi connectivity index (χ2v) is 8.49. The van der Waals surface area contributed by atoms with E-state index in [0.717, 1.165) is 46.9 Å². The Morgan fingerprint density at radius 2 is 1.68 bits per heavy atom. The molecule has 3 heterocycles. The van der Waals surface area contributed by atoms with Crippen LogP contribution in [0.3, 0.4) is 0 Å². The number of aryl methyl sites for hydroxylation is 2. The fourth-order valence-electron chi connectivity index (χ4n) is 4.49. The molecule has 8 heteroatoms. The molecule has 0 radical (unpaired) electrons. The van der Waals surface area contributed by atoms with Gasteiger partial charge in [-0.2, -0.15) is 5.10 Å². The molecule has 0 unspecified atom stereocenters. The predicted molar refractivity (Wildman–Crippen MR) is 132 cm³/mol. The Bertz CT molecular complexity index is 1320. The van der Waals surface area contributed by atoms with Crippen molar-refractivity contribution in [1.82, 2.24) is 24.6 Å². The Hall–Kier alpha value is -3.94. The summed E-state index contributed by atoms with van der Waals surface area (Å²) in [6.07, 6.45) is 0.859. The number of ether oxygens (including phenoxy) is 1. The average Bonchev–Trinajstić information content (AvgIpc) is 3.04. The highest BCUT2D eigenvalue weighted by atomic mass is 16.5. The zero-order valence-electron chi connectivity index (χ0n) is 19.7. The first-order valence-corrected chi connectivity index (χ1v) is 11.5. The van der Waals surface area contributed by atoms with Crippen molar-refractivity contribution >= 4 is 22.8 Å². The van der Waals surface area contributed by atoms with Gasteiger partial charge in [0.25, 0.3) is 5.91 Å². The Labute approximate surface area is 198 Å². The third-order valence-corrected chi connectivity index (χ3v) is 6.22. The number of hydrogen-bond donors (Lipinski definition) is 0. The van der Waals surface area contributed by atoms with Crippen LogP contribution in [0.2, 0.25) is 0 Å². The smallest absolute Gasteiger partial charge is 0.253 e. The van der Waals surface area contributed by atoms with Gasteiger partial charge in [0.15, 0.2) is 5.65 Å². The molecule has 0 N–H and O–H groups in total. The average molecular weight is 457 g/mol. The van der Waals surface area contributed by atoms with Crippen molar-refractivity contribution in [3.05, 3.63) is 71.7 Å². The van der Waals surface area contributed by atoms with E-state index >= 15 is 0 Å². The molecule has 5 rings (SSSR count). The molecule has 1 amide bonds. The second kappa shape index (κ2) is 9.13. The van der Waals surface area contributed by atoms with Crippen LogP contribution in [0, 0.1) is 13.8 Å². The largest absolute Gasteiger partial charge is 0.497 e. The minimum atomic E-state index is 0.0431. The number of carbonyl (C=O) groups is 1. The summed E-state index contributed by atoms with van der Waals surface area (Å²) < 4.78 is 7.10. The lowest BCUT2D eigenvalue weighted by Gasteiger charge is -2.24. The van der Waals surface area contributed by atoms with Gasteiger partial charge in [0, 0.05) is 31.7 Å². The molecule has 1 fully saturated rings. The highest BCUT2D eigenvalue weighted by Gasteiger charge is 2.25. The van der Waals surface area contributed by atoms with E-state index < -0.39 is 0 Å². The standard InChI is InChI=1S/C26H28N6O2/c1-18-23-24(27-19(2)28-25(23)32(29-18)21-8-5-4-6-9-21)30-14-7-15-31(17-16-30)26(33)20-10-12-22(34-3)13-11-20/h4-6,8-13H,7,14-17H2,1-3H3. The first-order chi connectivity index (χ1) is 16.5. The molecule has 174 valence electrons. The van der Waals surface area contributed by atoms with E-state index in [9.17, 15) is 4.79 Å². The first kappa shape index (κ1) is 21.9. The maximum absolute atomic E-state index is 13.1. The van der Waals surface area contributed by atoms with Crippen molar-refractivity contribution < 1.29 is 9.53 Å². The van der Waals surface area contributed by atoms with Crippen LogP contribution in [0.4, 0.5) is 5.82 Å². The van der Waals surface area contributed by atoms with Gasteiger partial charge < -0.3 is 14.5 Å². The number of amides is 1. The third kappa shape index (κ3) is 4.07. The molecule has 0 atom stereocenters.